The van der Waals surface area contributed by atoms with Gasteiger partial charge >= 0.3 is 5.97 Å². The Morgan fingerprint density at radius 2 is 2.29 bits per heavy atom. The van der Waals surface area contributed by atoms with Crippen LogP contribution in [0.4, 0.5) is 0 Å². The number of rotatable bonds is 3. The van der Waals surface area contributed by atoms with E-state index in [1.165, 1.54) is 0 Å². The first-order valence-electron chi connectivity index (χ1n) is 4.24. The summed E-state index contributed by atoms with van der Waals surface area (Å²) in [5.74, 6) is -0.975. The Balaban J connectivity index is 2.82. The standard InChI is InChI=1S/C10H12BrNO2/c1-6-2-3-7(8(11)4-6)5-9(12)10(13)14/h2-4,9H,5,12H2,1H3,(H,13,14)/t9-/m0/s1. The van der Waals surface area contributed by atoms with E-state index in [1.807, 2.05) is 25.1 Å². The van der Waals surface area contributed by atoms with Gasteiger partial charge in [0.15, 0.2) is 0 Å². The average Bonchev–Trinajstić information content (AvgIpc) is 2.09. The minimum absolute atomic E-state index is 0.343. The summed E-state index contributed by atoms with van der Waals surface area (Å²) in [6.07, 6.45) is 0.343. The van der Waals surface area contributed by atoms with Crippen LogP contribution < -0.4 is 5.73 Å². The zero-order valence-corrected chi connectivity index (χ0v) is 9.41. The largest absolute Gasteiger partial charge is 0.480 e. The van der Waals surface area contributed by atoms with Crippen LogP contribution in [0, 0.1) is 6.92 Å². The molecule has 3 nitrogen and oxygen atoms in total. The van der Waals surface area contributed by atoms with E-state index in [2.05, 4.69) is 15.9 Å². The lowest BCUT2D eigenvalue weighted by Gasteiger charge is -2.08. The van der Waals surface area contributed by atoms with Gasteiger partial charge in [0.1, 0.15) is 6.04 Å². The topological polar surface area (TPSA) is 63.3 Å². The maximum atomic E-state index is 10.5. The molecule has 0 saturated heterocycles. The number of hydrogen-bond donors (Lipinski definition) is 2. The molecule has 0 aromatic heterocycles. The third-order valence-corrected chi connectivity index (χ3v) is 2.70. The van der Waals surface area contributed by atoms with Crippen molar-refractivity contribution in [2.75, 3.05) is 0 Å². The Morgan fingerprint density at radius 3 is 2.79 bits per heavy atom. The molecule has 0 bridgehead atoms. The van der Waals surface area contributed by atoms with E-state index in [9.17, 15) is 4.79 Å². The van der Waals surface area contributed by atoms with Gasteiger partial charge in [0.2, 0.25) is 0 Å². The summed E-state index contributed by atoms with van der Waals surface area (Å²) in [5, 5.41) is 8.65. The quantitative estimate of drug-likeness (QED) is 0.867. The number of nitrogens with two attached hydrogens (primary N) is 1. The Morgan fingerprint density at radius 1 is 1.64 bits per heavy atom. The first-order chi connectivity index (χ1) is 6.50. The molecule has 0 aliphatic rings. The summed E-state index contributed by atoms with van der Waals surface area (Å²) in [4.78, 5) is 10.5. The second-order valence-corrected chi connectivity index (χ2v) is 4.10. The van der Waals surface area contributed by atoms with E-state index in [-0.39, 0.29) is 0 Å². The molecule has 0 fully saturated rings. The SMILES string of the molecule is Cc1ccc(C[C@H](N)C(=O)O)c(Br)c1. The van der Waals surface area contributed by atoms with E-state index in [4.69, 9.17) is 10.8 Å². The van der Waals surface area contributed by atoms with Crippen molar-refractivity contribution in [3.05, 3.63) is 33.8 Å². The number of carbonyl (C=O) groups is 1. The summed E-state index contributed by atoms with van der Waals surface area (Å²) in [5.41, 5.74) is 7.49. The predicted octanol–water partition coefficient (Wildman–Crippen LogP) is 1.71. The summed E-state index contributed by atoms with van der Waals surface area (Å²) in [7, 11) is 0. The van der Waals surface area contributed by atoms with Crippen LogP contribution in [0.25, 0.3) is 0 Å². The van der Waals surface area contributed by atoms with Gasteiger partial charge in [-0.2, -0.15) is 0 Å². The van der Waals surface area contributed by atoms with E-state index in [0.717, 1.165) is 15.6 Å². The molecule has 1 aromatic rings. The minimum Gasteiger partial charge on any atom is -0.480 e. The number of halogens is 1. The highest BCUT2D eigenvalue weighted by Crippen LogP contribution is 2.19. The summed E-state index contributed by atoms with van der Waals surface area (Å²) < 4.78 is 0.911. The highest BCUT2D eigenvalue weighted by molar-refractivity contribution is 9.10. The van der Waals surface area contributed by atoms with Gasteiger partial charge in [0.05, 0.1) is 0 Å². The smallest absolute Gasteiger partial charge is 0.320 e. The number of benzene rings is 1. The van der Waals surface area contributed by atoms with Crippen LogP contribution in [0.3, 0.4) is 0 Å². The molecule has 0 spiro atoms. The normalized spacial score (nSPS) is 12.5. The van der Waals surface area contributed by atoms with E-state index >= 15 is 0 Å². The molecule has 1 rings (SSSR count). The zero-order valence-electron chi connectivity index (χ0n) is 7.83. The van der Waals surface area contributed by atoms with Crippen molar-refractivity contribution < 1.29 is 9.90 Å². The van der Waals surface area contributed by atoms with Crippen LogP contribution in [0.1, 0.15) is 11.1 Å². The van der Waals surface area contributed by atoms with Crippen molar-refractivity contribution >= 4 is 21.9 Å². The van der Waals surface area contributed by atoms with Gasteiger partial charge in [-0.1, -0.05) is 28.1 Å². The van der Waals surface area contributed by atoms with Crippen LogP contribution in [-0.4, -0.2) is 17.1 Å². The minimum atomic E-state index is -0.975. The van der Waals surface area contributed by atoms with Crippen LogP contribution in [0.2, 0.25) is 0 Å². The van der Waals surface area contributed by atoms with E-state index in [0.29, 0.717) is 6.42 Å². The summed E-state index contributed by atoms with van der Waals surface area (Å²) in [6.45, 7) is 1.98. The maximum absolute atomic E-state index is 10.5. The third kappa shape index (κ3) is 2.82. The van der Waals surface area contributed by atoms with Crippen molar-refractivity contribution in [3.8, 4) is 0 Å². The lowest BCUT2D eigenvalue weighted by molar-refractivity contribution is -0.138. The maximum Gasteiger partial charge on any atom is 0.320 e. The van der Waals surface area contributed by atoms with Gasteiger partial charge in [0.25, 0.3) is 0 Å². The molecule has 0 unspecified atom stereocenters. The first-order valence-corrected chi connectivity index (χ1v) is 5.03. The molecule has 0 amide bonds. The lowest BCUT2D eigenvalue weighted by Crippen LogP contribution is -2.32. The molecule has 4 heteroatoms. The zero-order chi connectivity index (χ0) is 10.7. The van der Waals surface area contributed by atoms with Gasteiger partial charge in [-0.05, 0) is 30.5 Å². The second-order valence-electron chi connectivity index (χ2n) is 3.24. The van der Waals surface area contributed by atoms with Crippen molar-refractivity contribution in [2.24, 2.45) is 5.73 Å². The summed E-state index contributed by atoms with van der Waals surface area (Å²) >= 11 is 3.38. The second kappa shape index (κ2) is 4.57. The van der Waals surface area contributed by atoms with Gasteiger partial charge in [0, 0.05) is 4.47 Å². The Bertz CT molecular complexity index is 352. The molecule has 1 aromatic carbocycles. The first kappa shape index (κ1) is 11.2. The van der Waals surface area contributed by atoms with Gasteiger partial charge < -0.3 is 10.8 Å². The summed E-state index contributed by atoms with van der Waals surface area (Å²) in [6, 6.07) is 4.94. The van der Waals surface area contributed by atoms with Crippen LogP contribution in [0.5, 0.6) is 0 Å². The molecule has 0 saturated carbocycles. The number of hydrogen-bond acceptors (Lipinski definition) is 2. The molecule has 0 aliphatic heterocycles. The van der Waals surface area contributed by atoms with Crippen LogP contribution in [-0.2, 0) is 11.2 Å². The van der Waals surface area contributed by atoms with Crippen molar-refractivity contribution in [3.63, 3.8) is 0 Å². The molecular weight excluding hydrogens is 246 g/mol. The fourth-order valence-electron chi connectivity index (χ4n) is 1.14. The Hall–Kier alpha value is -0.870. The van der Waals surface area contributed by atoms with E-state index in [1.54, 1.807) is 0 Å². The molecule has 0 radical (unpaired) electrons. The van der Waals surface area contributed by atoms with Crippen molar-refractivity contribution in [2.45, 2.75) is 19.4 Å². The highest BCUT2D eigenvalue weighted by atomic mass is 79.9. The lowest BCUT2D eigenvalue weighted by atomic mass is 10.1. The Labute approximate surface area is 91.1 Å². The average molecular weight is 258 g/mol. The molecule has 3 N–H and O–H groups in total. The van der Waals surface area contributed by atoms with Gasteiger partial charge in [-0.25, -0.2) is 0 Å². The van der Waals surface area contributed by atoms with Crippen LogP contribution in [0.15, 0.2) is 22.7 Å². The molecular formula is C10H12BrNO2. The molecule has 76 valence electrons. The molecule has 0 heterocycles. The molecule has 1 atom stereocenters. The predicted molar refractivity (Wildman–Crippen MR) is 58.2 cm³/mol. The monoisotopic (exact) mass is 257 g/mol. The molecule has 0 aliphatic carbocycles. The van der Waals surface area contributed by atoms with Crippen molar-refractivity contribution in [1.29, 1.82) is 0 Å². The van der Waals surface area contributed by atoms with Gasteiger partial charge in [-0.3, -0.25) is 4.79 Å². The fraction of sp³-hybridized carbons (Fsp3) is 0.300. The van der Waals surface area contributed by atoms with Crippen molar-refractivity contribution in [1.82, 2.24) is 0 Å². The molecule has 14 heavy (non-hydrogen) atoms. The number of aliphatic carboxylic acids is 1. The fourth-order valence-corrected chi connectivity index (χ4v) is 1.80. The van der Waals surface area contributed by atoms with Crippen LogP contribution >= 0.6 is 15.9 Å². The number of carboxylic acids is 1. The third-order valence-electron chi connectivity index (χ3n) is 1.97. The Kier molecular flexibility index (Phi) is 3.66. The highest BCUT2D eigenvalue weighted by Gasteiger charge is 2.13. The van der Waals surface area contributed by atoms with E-state index < -0.39 is 12.0 Å². The number of carboxylic acid groups (broad SMARTS) is 1. The van der Waals surface area contributed by atoms with Gasteiger partial charge in [-0.15, -0.1) is 0 Å². The number of aryl methyl sites for hydroxylation is 1.